The number of aliphatic hydroxyl groups is 1. The second kappa shape index (κ2) is 12.9. The highest BCUT2D eigenvalue weighted by Gasteiger charge is 2.47. The fraction of sp³-hybridized carbons (Fsp3) is 0.568. The molecule has 5 aliphatic rings. The number of benzene rings is 1. The molecule has 4 fully saturated rings. The fourth-order valence-corrected chi connectivity index (χ4v) is 9.91. The van der Waals surface area contributed by atoms with E-state index in [-0.39, 0.29) is 93.6 Å². The lowest BCUT2D eigenvalue weighted by atomic mass is 9.93. The van der Waals surface area contributed by atoms with E-state index in [0.29, 0.717) is 61.6 Å². The van der Waals surface area contributed by atoms with Gasteiger partial charge in [-0.05, 0) is 43.7 Å². The van der Waals surface area contributed by atoms with Crippen LogP contribution < -0.4 is 15.4 Å². The number of aromatic nitrogens is 3. The van der Waals surface area contributed by atoms with Crippen LogP contribution in [0.2, 0.25) is 0 Å². The van der Waals surface area contributed by atoms with Crippen LogP contribution in [0.1, 0.15) is 62.1 Å². The summed E-state index contributed by atoms with van der Waals surface area (Å²) in [6, 6.07) is 2.17. The van der Waals surface area contributed by atoms with E-state index in [2.05, 4.69) is 25.8 Å². The Morgan fingerprint density at radius 2 is 1.79 bits per heavy atom. The van der Waals surface area contributed by atoms with Gasteiger partial charge >= 0.3 is 6.01 Å². The van der Waals surface area contributed by atoms with Gasteiger partial charge in [-0.1, -0.05) is 0 Å². The number of nitrogen functional groups attached to an aromatic ring is 1. The first-order valence-corrected chi connectivity index (χ1v) is 19.1. The highest BCUT2D eigenvalue weighted by atomic mass is 32.1. The molecular formula is C37H40F4N8O3S. The first-order valence-electron chi connectivity index (χ1n) is 18.3. The number of β-amino-alcohol motifs (C(OH)–C–C–N with tert-alkyl or cyclic N) is 1. The summed E-state index contributed by atoms with van der Waals surface area (Å²) in [6.07, 6.45) is 3.76. The molecule has 3 atom stereocenters. The van der Waals surface area contributed by atoms with Crippen LogP contribution >= 0.6 is 11.3 Å². The Morgan fingerprint density at radius 1 is 1.08 bits per heavy atom. The molecule has 3 saturated heterocycles. The van der Waals surface area contributed by atoms with Crippen molar-refractivity contribution in [2.75, 3.05) is 56.5 Å². The van der Waals surface area contributed by atoms with Crippen LogP contribution in [0.25, 0.3) is 32.2 Å². The summed E-state index contributed by atoms with van der Waals surface area (Å²) in [7, 11) is 0. The van der Waals surface area contributed by atoms with Crippen LogP contribution in [0.15, 0.2) is 6.20 Å². The van der Waals surface area contributed by atoms with Gasteiger partial charge in [0, 0.05) is 80.6 Å². The number of piperazine rings is 1. The molecule has 53 heavy (non-hydrogen) atoms. The Balaban J connectivity index is 1.16. The van der Waals surface area contributed by atoms with Crippen molar-refractivity contribution in [1.82, 2.24) is 24.8 Å². The Bertz CT molecular complexity index is 2150. The number of piperidine rings is 1. The molecule has 0 spiro atoms. The van der Waals surface area contributed by atoms with E-state index in [1.807, 2.05) is 0 Å². The summed E-state index contributed by atoms with van der Waals surface area (Å²) in [5.74, 6) is -3.44. The van der Waals surface area contributed by atoms with E-state index < -0.39 is 23.7 Å². The second-order valence-electron chi connectivity index (χ2n) is 15.6. The highest BCUT2D eigenvalue weighted by Crippen LogP contribution is 2.50. The topological polar surface area (TPSA) is 137 Å². The van der Waals surface area contributed by atoms with E-state index in [1.54, 1.807) is 6.92 Å². The molecular weight excluding hydrogens is 713 g/mol. The van der Waals surface area contributed by atoms with Crippen LogP contribution in [-0.2, 0) is 18.0 Å². The van der Waals surface area contributed by atoms with E-state index >= 15 is 8.78 Å². The average molecular weight is 753 g/mol. The Hall–Kier alpha value is -3.88. The molecule has 0 radical (unpaired) electrons. The maximum absolute atomic E-state index is 17.5. The third-order valence-electron chi connectivity index (χ3n) is 11.7. The van der Waals surface area contributed by atoms with Gasteiger partial charge in [-0.2, -0.15) is 15.2 Å². The predicted octanol–water partition coefficient (Wildman–Crippen LogP) is 5.59. The molecule has 4 aliphatic heterocycles. The number of thiophene rings is 1. The Labute approximate surface area is 307 Å². The number of hydrogen-bond donors (Lipinski definition) is 2. The minimum absolute atomic E-state index is 0.00758. The molecule has 11 nitrogen and oxygen atoms in total. The number of anilines is 2. The Kier molecular flexibility index (Phi) is 8.46. The van der Waals surface area contributed by atoms with Gasteiger partial charge in [0.15, 0.2) is 11.6 Å². The normalized spacial score (nSPS) is 24.1. The molecule has 3 aromatic heterocycles. The summed E-state index contributed by atoms with van der Waals surface area (Å²) in [4.78, 5) is 20.7. The molecule has 4 aromatic rings. The van der Waals surface area contributed by atoms with Crippen molar-refractivity contribution in [3.05, 3.63) is 34.5 Å². The number of aliphatic hydroxyl groups excluding tert-OH is 1. The van der Waals surface area contributed by atoms with Gasteiger partial charge in [0.05, 0.1) is 53.5 Å². The zero-order valence-electron chi connectivity index (χ0n) is 29.3. The molecule has 7 heterocycles. The molecule has 2 unspecified atom stereocenters. The van der Waals surface area contributed by atoms with Crippen LogP contribution in [0, 0.1) is 28.4 Å². The van der Waals surface area contributed by atoms with Gasteiger partial charge < -0.3 is 30.1 Å². The number of nitrogens with zero attached hydrogens (tertiary/aromatic N) is 7. The smallest absolute Gasteiger partial charge is 0.319 e. The maximum Gasteiger partial charge on any atom is 0.319 e. The number of likely N-dealkylation sites (tertiary alicyclic amines) is 2. The third-order valence-corrected chi connectivity index (χ3v) is 12.8. The molecule has 3 N–H and O–H groups in total. The number of fused-ring (bicyclic) bond motifs is 6. The molecule has 9 rings (SSSR count). The zero-order valence-corrected chi connectivity index (χ0v) is 30.1. The van der Waals surface area contributed by atoms with E-state index in [0.717, 1.165) is 43.2 Å². The van der Waals surface area contributed by atoms with Gasteiger partial charge in [-0.25, -0.2) is 17.6 Å². The number of ether oxygens (including phenoxy) is 2. The van der Waals surface area contributed by atoms with Crippen molar-refractivity contribution < 1.29 is 32.1 Å². The quantitative estimate of drug-likeness (QED) is 0.207. The van der Waals surface area contributed by atoms with Gasteiger partial charge in [0.25, 0.3) is 5.92 Å². The fourth-order valence-electron chi connectivity index (χ4n) is 8.99. The number of hydrogen-bond acceptors (Lipinski definition) is 12. The monoisotopic (exact) mass is 752 g/mol. The third kappa shape index (κ3) is 6.05. The summed E-state index contributed by atoms with van der Waals surface area (Å²) in [5, 5.41) is 20.9. The summed E-state index contributed by atoms with van der Waals surface area (Å²) < 4.78 is 72.8. The first kappa shape index (κ1) is 34.9. The first-order chi connectivity index (χ1) is 25.4. The average Bonchev–Trinajstić information content (AvgIpc) is 3.40. The molecule has 280 valence electrons. The van der Waals surface area contributed by atoms with Gasteiger partial charge in [0.1, 0.15) is 22.4 Å². The van der Waals surface area contributed by atoms with Crippen LogP contribution in [0.5, 0.6) is 6.01 Å². The van der Waals surface area contributed by atoms with Crippen molar-refractivity contribution >= 4 is 43.1 Å². The van der Waals surface area contributed by atoms with Gasteiger partial charge in [-0.15, -0.1) is 11.3 Å². The van der Waals surface area contributed by atoms with E-state index in [9.17, 15) is 19.1 Å². The molecule has 1 saturated carbocycles. The number of nitriles is 1. The van der Waals surface area contributed by atoms with E-state index in [4.69, 9.17) is 25.2 Å². The molecule has 16 heteroatoms. The van der Waals surface area contributed by atoms with Crippen molar-refractivity contribution in [3.8, 4) is 23.3 Å². The largest absolute Gasteiger partial charge is 0.463 e. The highest BCUT2D eigenvalue weighted by molar-refractivity contribution is 7.23. The number of pyridine rings is 1. The van der Waals surface area contributed by atoms with Gasteiger partial charge in [-0.3, -0.25) is 9.88 Å². The predicted molar refractivity (Wildman–Crippen MR) is 191 cm³/mol. The van der Waals surface area contributed by atoms with Crippen LogP contribution in [-0.4, -0.2) is 99.8 Å². The number of halogens is 4. The lowest BCUT2D eigenvalue weighted by Gasteiger charge is -2.42. The molecule has 1 aliphatic carbocycles. The Morgan fingerprint density at radius 3 is 2.47 bits per heavy atom. The van der Waals surface area contributed by atoms with Gasteiger partial charge in [0.2, 0.25) is 0 Å². The zero-order chi connectivity index (χ0) is 36.8. The SMILES string of the molecule is C[C@@H](O)CN1CC2CCC(C1)N2c1nc(OCC2(CN3CCC(F)(F)CC3)CC2)nc2c(F)c(-c3ncc(F)c4sc(N)c(C#N)c34)c3c(c12)COC3. The number of alkyl halides is 2. The summed E-state index contributed by atoms with van der Waals surface area (Å²) in [5.41, 5.74) is 7.35. The second-order valence-corrected chi connectivity index (χ2v) is 16.6. The maximum atomic E-state index is 17.5. The lowest BCUT2D eigenvalue weighted by Crippen LogP contribution is -2.55. The molecule has 2 bridgehead atoms. The standard InChI is InChI=1S/C37H40F4N8O3S/c1-19(50)12-48-13-20-2-3-21(14-48)49(20)34-28-24-16-51-15-23(24)26(30-27-22(10-42)33(43)53-32(27)25(38)11-44-30)29(39)31(28)45-35(46-34)52-18-36(4-5-36)17-47-8-6-37(40,41)7-9-47/h11,19-21,50H,2-9,12-18,43H2,1H3/t19-,20?,21?/m1/s1. The van der Waals surface area contributed by atoms with Crippen molar-refractivity contribution in [2.24, 2.45) is 5.41 Å². The van der Waals surface area contributed by atoms with Crippen molar-refractivity contribution in [1.29, 1.82) is 5.26 Å². The summed E-state index contributed by atoms with van der Waals surface area (Å²) in [6.45, 7) is 5.48. The summed E-state index contributed by atoms with van der Waals surface area (Å²) >= 11 is 0.917. The molecule has 1 aromatic carbocycles. The number of rotatable bonds is 9. The number of nitrogens with two attached hydrogens (primary N) is 1. The van der Waals surface area contributed by atoms with Crippen LogP contribution in [0.3, 0.4) is 0 Å². The minimum Gasteiger partial charge on any atom is -0.463 e. The minimum atomic E-state index is -2.63. The van der Waals surface area contributed by atoms with E-state index in [1.165, 1.54) is 0 Å². The molecule has 0 amide bonds. The van der Waals surface area contributed by atoms with Crippen molar-refractivity contribution in [3.63, 3.8) is 0 Å². The van der Waals surface area contributed by atoms with Crippen LogP contribution in [0.4, 0.5) is 28.4 Å². The lowest BCUT2D eigenvalue weighted by molar-refractivity contribution is -0.0591. The van der Waals surface area contributed by atoms with Crippen molar-refractivity contribution in [2.45, 2.75) is 82.8 Å².